The van der Waals surface area contributed by atoms with Crippen LogP contribution in [-0.4, -0.2) is 28.7 Å². The van der Waals surface area contributed by atoms with Crippen molar-refractivity contribution in [3.8, 4) is 0 Å². The van der Waals surface area contributed by atoms with Gasteiger partial charge in [-0.25, -0.2) is 0 Å². The zero-order chi connectivity index (χ0) is 20.4. The summed E-state index contributed by atoms with van der Waals surface area (Å²) in [6, 6.07) is 23.2. The fraction of sp³-hybridized carbons (Fsp3) is 0.125. The highest BCUT2D eigenvalue weighted by molar-refractivity contribution is 6.23. The molecule has 144 valence electrons. The fourth-order valence-electron chi connectivity index (χ4n) is 3.53. The third-order valence-electron chi connectivity index (χ3n) is 5.10. The van der Waals surface area contributed by atoms with E-state index in [1.54, 1.807) is 31.2 Å². The fourth-order valence-corrected chi connectivity index (χ4v) is 3.53. The van der Waals surface area contributed by atoms with Crippen molar-refractivity contribution in [3.63, 3.8) is 0 Å². The van der Waals surface area contributed by atoms with Crippen LogP contribution in [-0.2, 0) is 11.2 Å². The summed E-state index contributed by atoms with van der Waals surface area (Å²) >= 11 is 0. The number of amides is 3. The molecule has 3 aromatic carbocycles. The van der Waals surface area contributed by atoms with Gasteiger partial charge in [-0.3, -0.25) is 19.3 Å². The molecule has 0 saturated carbocycles. The van der Waals surface area contributed by atoms with E-state index in [0.29, 0.717) is 23.2 Å². The number of fused-ring (bicyclic) bond motifs is 1. The Bertz CT molecular complexity index is 1060. The van der Waals surface area contributed by atoms with Gasteiger partial charge < -0.3 is 5.32 Å². The monoisotopic (exact) mass is 384 g/mol. The molecule has 3 amide bonds. The minimum atomic E-state index is -0.924. The van der Waals surface area contributed by atoms with Crippen LogP contribution >= 0.6 is 0 Å². The molecule has 3 aromatic rings. The molecule has 29 heavy (non-hydrogen) atoms. The molecule has 4 rings (SSSR count). The Hall–Kier alpha value is -3.73. The van der Waals surface area contributed by atoms with Crippen molar-refractivity contribution in [2.45, 2.75) is 19.4 Å². The van der Waals surface area contributed by atoms with E-state index in [0.717, 1.165) is 16.0 Å². The predicted octanol–water partition coefficient (Wildman–Crippen LogP) is 3.90. The third-order valence-corrected chi connectivity index (χ3v) is 5.10. The van der Waals surface area contributed by atoms with E-state index in [4.69, 9.17) is 0 Å². The molecule has 1 unspecified atom stereocenters. The van der Waals surface area contributed by atoms with Crippen LogP contribution in [0, 0.1) is 0 Å². The van der Waals surface area contributed by atoms with Crippen molar-refractivity contribution < 1.29 is 14.4 Å². The normalized spacial score (nSPS) is 13.9. The number of benzene rings is 3. The molecule has 1 aliphatic rings. The molecule has 0 spiro atoms. The number of nitrogens with one attached hydrogen (secondary N) is 1. The number of carbonyl (C=O) groups is 3. The SMILES string of the molecule is CC(C(=O)Nc1ccccc1Cc1ccccc1)N1C(=O)c2ccccc2C1=O. The first-order valence-corrected chi connectivity index (χ1v) is 9.46. The van der Waals surface area contributed by atoms with Crippen LogP contribution in [0.2, 0.25) is 0 Å². The number of hydrogen-bond acceptors (Lipinski definition) is 3. The summed E-state index contributed by atoms with van der Waals surface area (Å²) in [5.74, 6) is -1.28. The van der Waals surface area contributed by atoms with E-state index in [-0.39, 0.29) is 0 Å². The van der Waals surface area contributed by atoms with E-state index < -0.39 is 23.8 Å². The zero-order valence-corrected chi connectivity index (χ0v) is 16.0. The first-order valence-electron chi connectivity index (χ1n) is 9.46. The van der Waals surface area contributed by atoms with Crippen molar-refractivity contribution in [1.82, 2.24) is 4.90 Å². The number of hydrogen-bond donors (Lipinski definition) is 1. The minimum Gasteiger partial charge on any atom is -0.324 e. The van der Waals surface area contributed by atoms with Gasteiger partial charge in [-0.2, -0.15) is 0 Å². The van der Waals surface area contributed by atoms with E-state index in [1.165, 1.54) is 0 Å². The lowest BCUT2D eigenvalue weighted by atomic mass is 10.0. The van der Waals surface area contributed by atoms with Crippen LogP contribution < -0.4 is 5.32 Å². The number of imide groups is 1. The van der Waals surface area contributed by atoms with Crippen LogP contribution in [0.15, 0.2) is 78.9 Å². The van der Waals surface area contributed by atoms with Gasteiger partial charge in [0.25, 0.3) is 11.8 Å². The molecule has 0 saturated heterocycles. The quantitative estimate of drug-likeness (QED) is 0.679. The standard InChI is InChI=1S/C24H20N2O3/c1-16(26-23(28)19-12-6-7-13-20(19)24(26)29)22(27)25-21-14-8-5-11-18(21)15-17-9-3-2-4-10-17/h2-14,16H,15H2,1H3,(H,25,27). The lowest BCUT2D eigenvalue weighted by Gasteiger charge is -2.22. The van der Waals surface area contributed by atoms with Gasteiger partial charge in [0.05, 0.1) is 11.1 Å². The molecule has 5 nitrogen and oxygen atoms in total. The minimum absolute atomic E-state index is 0.335. The van der Waals surface area contributed by atoms with Crippen molar-refractivity contribution in [2.75, 3.05) is 5.32 Å². The molecular weight excluding hydrogens is 364 g/mol. The number of nitrogens with zero attached hydrogens (tertiary/aromatic N) is 1. The van der Waals surface area contributed by atoms with Gasteiger partial charge in [0, 0.05) is 5.69 Å². The number of anilines is 1. The van der Waals surface area contributed by atoms with E-state index in [9.17, 15) is 14.4 Å². The van der Waals surface area contributed by atoms with E-state index >= 15 is 0 Å². The summed E-state index contributed by atoms with van der Waals surface area (Å²) in [5.41, 5.74) is 3.43. The Labute approximate surface area is 169 Å². The number of para-hydroxylation sites is 1. The highest BCUT2D eigenvalue weighted by atomic mass is 16.2. The number of carbonyl (C=O) groups excluding carboxylic acids is 3. The Kier molecular flexibility index (Phi) is 4.96. The molecule has 1 aliphatic heterocycles. The molecule has 0 aromatic heterocycles. The van der Waals surface area contributed by atoms with Gasteiger partial charge >= 0.3 is 0 Å². The maximum Gasteiger partial charge on any atom is 0.262 e. The van der Waals surface area contributed by atoms with Crippen molar-refractivity contribution >= 4 is 23.4 Å². The topological polar surface area (TPSA) is 66.5 Å². The molecule has 0 aliphatic carbocycles. The molecule has 5 heteroatoms. The Balaban J connectivity index is 1.53. The van der Waals surface area contributed by atoms with Gasteiger partial charge in [-0.05, 0) is 42.7 Å². The van der Waals surface area contributed by atoms with Crippen molar-refractivity contribution in [1.29, 1.82) is 0 Å². The molecule has 1 N–H and O–H groups in total. The van der Waals surface area contributed by atoms with E-state index in [2.05, 4.69) is 5.32 Å². The summed E-state index contributed by atoms with van der Waals surface area (Å²) in [5, 5.41) is 2.89. The molecule has 1 heterocycles. The van der Waals surface area contributed by atoms with Crippen LogP contribution in [0.3, 0.4) is 0 Å². The van der Waals surface area contributed by atoms with Gasteiger partial charge in [0.1, 0.15) is 6.04 Å². The van der Waals surface area contributed by atoms with Crippen LogP contribution in [0.5, 0.6) is 0 Å². The van der Waals surface area contributed by atoms with Gasteiger partial charge in [0.2, 0.25) is 5.91 Å². The summed E-state index contributed by atoms with van der Waals surface area (Å²) < 4.78 is 0. The molecule has 0 fully saturated rings. The summed E-state index contributed by atoms with van der Waals surface area (Å²) in [6.45, 7) is 1.57. The number of rotatable bonds is 5. The van der Waals surface area contributed by atoms with Crippen molar-refractivity contribution in [2.24, 2.45) is 0 Å². The van der Waals surface area contributed by atoms with E-state index in [1.807, 2.05) is 54.6 Å². The Morgan fingerprint density at radius 3 is 2.03 bits per heavy atom. The maximum absolute atomic E-state index is 12.9. The van der Waals surface area contributed by atoms with Crippen LogP contribution in [0.25, 0.3) is 0 Å². The summed E-state index contributed by atoms with van der Waals surface area (Å²) in [4.78, 5) is 39.2. The lowest BCUT2D eigenvalue weighted by molar-refractivity contribution is -0.119. The third kappa shape index (κ3) is 3.55. The average molecular weight is 384 g/mol. The van der Waals surface area contributed by atoms with Crippen molar-refractivity contribution in [3.05, 3.63) is 101 Å². The van der Waals surface area contributed by atoms with Gasteiger partial charge in [0.15, 0.2) is 0 Å². The predicted molar refractivity (Wildman–Crippen MR) is 111 cm³/mol. The van der Waals surface area contributed by atoms with Crippen LogP contribution in [0.4, 0.5) is 5.69 Å². The molecule has 0 bridgehead atoms. The molecule has 1 atom stereocenters. The first-order chi connectivity index (χ1) is 14.1. The Morgan fingerprint density at radius 1 is 0.828 bits per heavy atom. The van der Waals surface area contributed by atoms with Gasteiger partial charge in [-0.15, -0.1) is 0 Å². The highest BCUT2D eigenvalue weighted by Crippen LogP contribution is 2.25. The summed E-state index contributed by atoms with van der Waals surface area (Å²) in [7, 11) is 0. The second-order valence-corrected chi connectivity index (χ2v) is 7.01. The maximum atomic E-state index is 12.9. The second kappa shape index (κ2) is 7.72. The Morgan fingerprint density at radius 2 is 1.38 bits per heavy atom. The lowest BCUT2D eigenvalue weighted by Crippen LogP contribution is -2.45. The van der Waals surface area contributed by atoms with Crippen LogP contribution in [0.1, 0.15) is 38.8 Å². The largest absolute Gasteiger partial charge is 0.324 e. The second-order valence-electron chi connectivity index (χ2n) is 7.01. The molecular formula is C24H20N2O3. The smallest absolute Gasteiger partial charge is 0.262 e. The first kappa shape index (κ1) is 18.6. The average Bonchev–Trinajstić information content (AvgIpc) is 3.00. The van der Waals surface area contributed by atoms with Gasteiger partial charge in [-0.1, -0.05) is 60.7 Å². The summed E-state index contributed by atoms with van der Waals surface area (Å²) in [6.07, 6.45) is 0.665. The molecule has 0 radical (unpaired) electrons. The zero-order valence-electron chi connectivity index (χ0n) is 16.0. The highest BCUT2D eigenvalue weighted by Gasteiger charge is 2.40.